The number of esters is 1. The summed E-state index contributed by atoms with van der Waals surface area (Å²) in [6, 6.07) is 0. The summed E-state index contributed by atoms with van der Waals surface area (Å²) in [6.07, 6.45) is -35.9. The molecule has 0 aromatic heterocycles. The summed E-state index contributed by atoms with van der Waals surface area (Å²) in [5.74, 6) is -4.83. The molecule has 0 spiro atoms. The van der Waals surface area contributed by atoms with Gasteiger partial charge < -0.3 is 18.7 Å². The second-order valence-corrected chi connectivity index (χ2v) is 4.38. The van der Waals surface area contributed by atoms with E-state index in [0.29, 0.717) is 7.11 Å². The summed E-state index contributed by atoms with van der Waals surface area (Å²) in [4.78, 5) is 21.7. The first kappa shape index (κ1) is 26.1. The predicted octanol–water partition coefficient (Wildman–Crippen LogP) is 2.71. The molecule has 0 heterocycles. The van der Waals surface area contributed by atoms with E-state index in [0.717, 1.165) is 0 Å². The van der Waals surface area contributed by atoms with Crippen LogP contribution in [-0.4, -0.2) is 63.3 Å². The van der Waals surface area contributed by atoms with E-state index in [9.17, 15) is 62.3 Å². The van der Waals surface area contributed by atoms with E-state index in [2.05, 4.69) is 18.7 Å². The second-order valence-electron chi connectivity index (χ2n) is 4.38. The van der Waals surface area contributed by atoms with Crippen molar-refractivity contribution >= 4 is 19.3 Å². The molecule has 0 aromatic carbocycles. The molecular formula is C9H5BF12O6. The number of hydrogen-bond donors (Lipinski definition) is 0. The molecule has 19 heteroatoms. The summed E-state index contributed by atoms with van der Waals surface area (Å²) in [6.45, 7) is 0. The maximum atomic E-state index is 12.4. The fraction of sp³-hybridized carbons (Fsp3) is 0.778. The minimum atomic E-state index is -6.44. The minimum Gasteiger partial charge on any atom is -0.476 e. The quantitative estimate of drug-likeness (QED) is 0.279. The van der Waals surface area contributed by atoms with Crippen LogP contribution < -0.4 is 0 Å². The third-order valence-corrected chi connectivity index (χ3v) is 2.24. The van der Waals surface area contributed by atoms with Gasteiger partial charge in [-0.1, -0.05) is 0 Å². The van der Waals surface area contributed by atoms with Crippen LogP contribution >= 0.6 is 0 Å². The van der Waals surface area contributed by atoms with Crippen molar-refractivity contribution in [2.24, 2.45) is 0 Å². The van der Waals surface area contributed by atoms with Crippen LogP contribution in [0.1, 0.15) is 0 Å². The fourth-order valence-corrected chi connectivity index (χ4v) is 1.21. The van der Waals surface area contributed by atoms with Crippen LogP contribution in [0, 0.1) is 0 Å². The molecule has 0 amide bonds. The lowest BCUT2D eigenvalue weighted by Crippen LogP contribution is -2.54. The SMILES string of the molecule is COC(=O)C(=O)OB(OC(C(F)(F)F)C(F)(F)F)OC(C(F)(F)F)C(F)(F)F. The number of halogens is 12. The Morgan fingerprint density at radius 2 is 0.929 bits per heavy atom. The summed E-state index contributed by atoms with van der Waals surface area (Å²) in [7, 11) is -3.81. The maximum Gasteiger partial charge on any atom is 0.716 e. The van der Waals surface area contributed by atoms with Gasteiger partial charge in [-0.25, -0.2) is 9.59 Å². The highest BCUT2D eigenvalue weighted by Gasteiger charge is 2.64. The molecular weight excluding hydrogens is 443 g/mol. The Labute approximate surface area is 145 Å². The lowest BCUT2D eigenvalue weighted by molar-refractivity contribution is -0.322. The maximum absolute atomic E-state index is 12.4. The molecule has 0 bridgehead atoms. The van der Waals surface area contributed by atoms with E-state index in [1.165, 1.54) is 0 Å². The van der Waals surface area contributed by atoms with Gasteiger partial charge in [0.25, 0.3) is 0 Å². The molecule has 0 saturated heterocycles. The Kier molecular flexibility index (Phi) is 8.03. The van der Waals surface area contributed by atoms with E-state index in [1.807, 2.05) is 0 Å². The third-order valence-electron chi connectivity index (χ3n) is 2.24. The van der Waals surface area contributed by atoms with Gasteiger partial charge >= 0.3 is 44.0 Å². The van der Waals surface area contributed by atoms with Crippen LogP contribution in [0.15, 0.2) is 0 Å². The molecule has 0 saturated carbocycles. The van der Waals surface area contributed by atoms with Gasteiger partial charge in [-0.2, -0.15) is 52.7 Å². The van der Waals surface area contributed by atoms with E-state index in [4.69, 9.17) is 0 Å². The monoisotopic (exact) mass is 448 g/mol. The van der Waals surface area contributed by atoms with E-state index >= 15 is 0 Å². The normalized spacial score (nSPS) is 13.7. The first-order valence-corrected chi connectivity index (χ1v) is 6.08. The number of hydrogen-bond acceptors (Lipinski definition) is 6. The van der Waals surface area contributed by atoms with Crippen LogP contribution in [0.25, 0.3) is 0 Å². The number of carbonyl (C=O) groups is 2. The Balaban J connectivity index is 5.93. The zero-order valence-electron chi connectivity index (χ0n) is 12.7. The smallest absolute Gasteiger partial charge is 0.476 e. The van der Waals surface area contributed by atoms with Crippen molar-refractivity contribution in [1.82, 2.24) is 0 Å². The minimum absolute atomic E-state index is 0.406. The first-order valence-electron chi connectivity index (χ1n) is 6.08. The summed E-state index contributed by atoms with van der Waals surface area (Å²) in [5.41, 5.74) is 0. The molecule has 0 unspecified atom stereocenters. The number of carbonyl (C=O) groups excluding carboxylic acids is 2. The van der Waals surface area contributed by atoms with Crippen LogP contribution in [-0.2, 0) is 28.3 Å². The third kappa shape index (κ3) is 7.99. The van der Waals surface area contributed by atoms with Crippen molar-refractivity contribution in [3.8, 4) is 0 Å². The standard InChI is InChI=1S/C9H5BF12O6/c1-25-2(23)3(24)26-10(27-4(6(11,12)13)7(14,15)16)28-5(8(17,18)19)9(20,21)22/h4-5H,1H3. The summed E-state index contributed by atoms with van der Waals surface area (Å²) >= 11 is 0. The first-order chi connectivity index (χ1) is 12.2. The van der Waals surface area contributed by atoms with Gasteiger partial charge in [-0.05, 0) is 0 Å². The largest absolute Gasteiger partial charge is 0.716 e. The molecule has 6 nitrogen and oxygen atoms in total. The van der Waals surface area contributed by atoms with Crippen LogP contribution in [0.4, 0.5) is 52.7 Å². The summed E-state index contributed by atoms with van der Waals surface area (Å²) < 4.78 is 161. The molecule has 28 heavy (non-hydrogen) atoms. The molecule has 0 N–H and O–H groups in total. The zero-order chi connectivity index (χ0) is 22.7. The molecule has 0 aromatic rings. The Hall–Kier alpha value is -1.92. The van der Waals surface area contributed by atoms with Gasteiger partial charge in [0, 0.05) is 0 Å². The molecule has 0 rings (SSSR count). The Bertz CT molecular complexity index is 490. The molecule has 0 aliphatic heterocycles. The van der Waals surface area contributed by atoms with Crippen molar-refractivity contribution in [3.63, 3.8) is 0 Å². The van der Waals surface area contributed by atoms with Gasteiger partial charge in [0.2, 0.25) is 12.2 Å². The lowest BCUT2D eigenvalue weighted by Gasteiger charge is -2.28. The average molecular weight is 448 g/mol. The van der Waals surface area contributed by atoms with E-state index in [-0.39, 0.29) is 0 Å². The van der Waals surface area contributed by atoms with Crippen LogP contribution in [0.2, 0.25) is 0 Å². The van der Waals surface area contributed by atoms with Crippen molar-refractivity contribution in [2.45, 2.75) is 36.9 Å². The van der Waals surface area contributed by atoms with Crippen molar-refractivity contribution in [3.05, 3.63) is 0 Å². The van der Waals surface area contributed by atoms with Gasteiger partial charge in [-0.3, -0.25) is 0 Å². The second kappa shape index (κ2) is 8.62. The molecule has 0 aliphatic rings. The van der Waals surface area contributed by atoms with Gasteiger partial charge in [0.15, 0.2) is 0 Å². The predicted molar refractivity (Wildman–Crippen MR) is 57.8 cm³/mol. The van der Waals surface area contributed by atoms with Crippen LogP contribution in [0.5, 0.6) is 0 Å². The number of ether oxygens (including phenoxy) is 1. The summed E-state index contributed by atoms with van der Waals surface area (Å²) in [5, 5.41) is 0. The van der Waals surface area contributed by atoms with Gasteiger partial charge in [-0.15, -0.1) is 0 Å². The van der Waals surface area contributed by atoms with Crippen molar-refractivity contribution in [2.75, 3.05) is 7.11 Å². The van der Waals surface area contributed by atoms with E-state index < -0.39 is 56.2 Å². The van der Waals surface area contributed by atoms with Crippen molar-refractivity contribution in [1.29, 1.82) is 0 Å². The lowest BCUT2D eigenvalue weighted by atomic mass is 10.1. The van der Waals surface area contributed by atoms with Gasteiger partial charge in [0.1, 0.15) is 0 Å². The van der Waals surface area contributed by atoms with Crippen molar-refractivity contribution < 1.29 is 81.0 Å². The molecule has 0 atom stereocenters. The Morgan fingerprint density at radius 3 is 1.14 bits per heavy atom. The van der Waals surface area contributed by atoms with Crippen LogP contribution in [0.3, 0.4) is 0 Å². The molecule has 0 fully saturated rings. The molecule has 0 radical (unpaired) electrons. The average Bonchev–Trinajstić information content (AvgIpc) is 2.43. The molecule has 0 aliphatic carbocycles. The number of alkyl halides is 12. The number of methoxy groups -OCH3 is 1. The fourth-order valence-electron chi connectivity index (χ4n) is 1.21. The molecule has 164 valence electrons. The highest BCUT2D eigenvalue weighted by molar-refractivity contribution is 6.45. The van der Waals surface area contributed by atoms with Gasteiger partial charge in [0.05, 0.1) is 7.11 Å². The highest BCUT2D eigenvalue weighted by Crippen LogP contribution is 2.39. The highest BCUT2D eigenvalue weighted by atomic mass is 19.4. The number of rotatable bonds is 5. The zero-order valence-corrected chi connectivity index (χ0v) is 12.7. The Morgan fingerprint density at radius 1 is 0.643 bits per heavy atom. The topological polar surface area (TPSA) is 71.1 Å². The van der Waals surface area contributed by atoms with E-state index in [1.54, 1.807) is 0 Å².